The summed E-state index contributed by atoms with van der Waals surface area (Å²) in [5, 5.41) is 11.2. The molecule has 0 bridgehead atoms. The maximum absolute atomic E-state index is 10.3. The molecule has 6 heteroatoms. The molecule has 0 saturated carbocycles. The number of nitrogens with zero attached hydrogens (tertiary/aromatic N) is 2. The van der Waals surface area contributed by atoms with E-state index in [1.54, 1.807) is 18.5 Å². The van der Waals surface area contributed by atoms with Gasteiger partial charge in [0.25, 0.3) is 0 Å². The van der Waals surface area contributed by atoms with Crippen LogP contribution >= 0.6 is 0 Å². The van der Waals surface area contributed by atoms with Gasteiger partial charge in [-0.25, -0.2) is 9.97 Å². The normalized spacial score (nSPS) is 12.1. The van der Waals surface area contributed by atoms with E-state index >= 15 is 0 Å². The maximum atomic E-state index is 10.3. The number of nitrogens with one attached hydrogen (secondary N) is 1. The van der Waals surface area contributed by atoms with Crippen LogP contribution in [-0.2, 0) is 4.79 Å². The van der Waals surface area contributed by atoms with Gasteiger partial charge in [-0.15, -0.1) is 0 Å². The minimum atomic E-state index is -1.05. The molecular weight excluding hydrogens is 172 g/mol. The van der Waals surface area contributed by atoms with Crippen molar-refractivity contribution in [2.45, 2.75) is 6.04 Å². The predicted molar refractivity (Wildman–Crippen MR) is 46.1 cm³/mol. The molecule has 0 aliphatic rings. The Bertz CT molecular complexity index is 277. The molecule has 0 fully saturated rings. The number of rotatable bonds is 4. The van der Waals surface area contributed by atoms with E-state index in [2.05, 4.69) is 15.3 Å². The molecule has 1 atom stereocenters. The highest BCUT2D eigenvalue weighted by Crippen LogP contribution is 1.93. The van der Waals surface area contributed by atoms with Crippen molar-refractivity contribution in [3.05, 3.63) is 18.5 Å². The molecule has 70 valence electrons. The minimum Gasteiger partial charge on any atom is -0.480 e. The lowest BCUT2D eigenvalue weighted by molar-refractivity contribution is -0.138. The Morgan fingerprint density at radius 1 is 1.62 bits per heavy atom. The van der Waals surface area contributed by atoms with Gasteiger partial charge in [0.15, 0.2) is 0 Å². The smallest absolute Gasteiger partial charge is 0.322 e. The summed E-state index contributed by atoms with van der Waals surface area (Å²) in [6, 6.07) is 0.728. The highest BCUT2D eigenvalue weighted by atomic mass is 16.4. The van der Waals surface area contributed by atoms with Gasteiger partial charge in [0, 0.05) is 18.9 Å². The van der Waals surface area contributed by atoms with Crippen LogP contribution in [0, 0.1) is 0 Å². The average Bonchev–Trinajstić information content (AvgIpc) is 2.15. The first kappa shape index (κ1) is 9.40. The first-order valence-electron chi connectivity index (χ1n) is 3.69. The van der Waals surface area contributed by atoms with Gasteiger partial charge in [0.1, 0.15) is 6.04 Å². The lowest BCUT2D eigenvalue weighted by atomic mass is 10.3. The first-order chi connectivity index (χ1) is 6.20. The van der Waals surface area contributed by atoms with Gasteiger partial charge in [-0.2, -0.15) is 0 Å². The molecule has 1 aromatic rings. The Hall–Kier alpha value is -1.69. The van der Waals surface area contributed by atoms with Crippen LogP contribution in [0.5, 0.6) is 0 Å². The molecule has 0 radical (unpaired) electrons. The minimum absolute atomic E-state index is 0.110. The van der Waals surface area contributed by atoms with Gasteiger partial charge in [-0.05, 0) is 6.07 Å². The van der Waals surface area contributed by atoms with Gasteiger partial charge in [-0.1, -0.05) is 0 Å². The number of hydrogen-bond acceptors (Lipinski definition) is 5. The molecule has 1 heterocycles. The van der Waals surface area contributed by atoms with Crippen molar-refractivity contribution < 1.29 is 9.90 Å². The van der Waals surface area contributed by atoms with Crippen LogP contribution in [0.2, 0.25) is 0 Å². The third kappa shape index (κ3) is 3.04. The molecule has 0 saturated heterocycles. The van der Waals surface area contributed by atoms with Crippen molar-refractivity contribution in [2.75, 3.05) is 11.9 Å². The summed E-state index contributed by atoms with van der Waals surface area (Å²) in [5.74, 6) is -0.678. The van der Waals surface area contributed by atoms with E-state index in [0.29, 0.717) is 5.95 Å². The fourth-order valence-corrected chi connectivity index (χ4v) is 0.679. The summed E-state index contributed by atoms with van der Waals surface area (Å²) in [5.41, 5.74) is 5.25. The summed E-state index contributed by atoms with van der Waals surface area (Å²) in [6.45, 7) is 0.110. The van der Waals surface area contributed by atoms with Crippen molar-refractivity contribution in [3.8, 4) is 0 Å². The zero-order chi connectivity index (χ0) is 9.68. The second kappa shape index (κ2) is 4.36. The Morgan fingerprint density at radius 3 is 2.77 bits per heavy atom. The lowest BCUT2D eigenvalue weighted by Crippen LogP contribution is -2.37. The van der Waals surface area contributed by atoms with Crippen molar-refractivity contribution in [3.63, 3.8) is 0 Å². The molecule has 0 amide bonds. The van der Waals surface area contributed by atoms with Crippen molar-refractivity contribution in [1.29, 1.82) is 0 Å². The van der Waals surface area contributed by atoms with Crippen LogP contribution in [0.4, 0.5) is 5.95 Å². The van der Waals surface area contributed by atoms with E-state index < -0.39 is 12.0 Å². The van der Waals surface area contributed by atoms with Gasteiger partial charge >= 0.3 is 5.97 Å². The summed E-state index contributed by atoms with van der Waals surface area (Å²) in [4.78, 5) is 18.0. The molecular formula is C7H10N4O2. The molecule has 1 aromatic heterocycles. The van der Waals surface area contributed by atoms with Crippen LogP contribution in [0.3, 0.4) is 0 Å². The molecule has 0 spiro atoms. The second-order valence-electron chi connectivity index (χ2n) is 2.40. The maximum Gasteiger partial charge on any atom is 0.322 e. The van der Waals surface area contributed by atoms with Crippen LogP contribution in [0.15, 0.2) is 18.5 Å². The van der Waals surface area contributed by atoms with Crippen molar-refractivity contribution >= 4 is 11.9 Å². The number of carbonyl (C=O) groups is 1. The Labute approximate surface area is 74.8 Å². The molecule has 1 rings (SSSR count). The second-order valence-corrected chi connectivity index (χ2v) is 2.40. The average molecular weight is 182 g/mol. The van der Waals surface area contributed by atoms with Gasteiger partial charge in [0.05, 0.1) is 0 Å². The summed E-state index contributed by atoms with van der Waals surface area (Å²) < 4.78 is 0. The topological polar surface area (TPSA) is 101 Å². The van der Waals surface area contributed by atoms with E-state index in [-0.39, 0.29) is 6.54 Å². The summed E-state index contributed by atoms with van der Waals surface area (Å²) >= 11 is 0. The number of aromatic nitrogens is 2. The molecule has 13 heavy (non-hydrogen) atoms. The molecule has 1 unspecified atom stereocenters. The van der Waals surface area contributed by atoms with E-state index in [1.807, 2.05) is 0 Å². The van der Waals surface area contributed by atoms with Crippen LogP contribution in [0.1, 0.15) is 0 Å². The fourth-order valence-electron chi connectivity index (χ4n) is 0.679. The molecule has 0 aliphatic heterocycles. The Kier molecular flexibility index (Phi) is 3.15. The number of aliphatic carboxylic acids is 1. The van der Waals surface area contributed by atoms with E-state index in [0.717, 1.165) is 0 Å². The van der Waals surface area contributed by atoms with E-state index in [1.165, 1.54) is 0 Å². The monoisotopic (exact) mass is 182 g/mol. The largest absolute Gasteiger partial charge is 0.480 e. The van der Waals surface area contributed by atoms with Gasteiger partial charge < -0.3 is 16.2 Å². The van der Waals surface area contributed by atoms with Crippen LogP contribution < -0.4 is 11.1 Å². The Morgan fingerprint density at radius 2 is 2.23 bits per heavy atom. The number of nitrogens with two attached hydrogens (primary N) is 1. The quantitative estimate of drug-likeness (QED) is 0.569. The number of hydrogen-bond donors (Lipinski definition) is 3. The van der Waals surface area contributed by atoms with E-state index in [4.69, 9.17) is 10.8 Å². The number of carboxylic acids is 1. The van der Waals surface area contributed by atoms with Crippen molar-refractivity contribution in [1.82, 2.24) is 9.97 Å². The number of carboxylic acid groups (broad SMARTS) is 1. The predicted octanol–water partition coefficient (Wildman–Crippen LogP) is -0.700. The zero-order valence-electron chi connectivity index (χ0n) is 6.84. The van der Waals surface area contributed by atoms with E-state index in [9.17, 15) is 4.79 Å². The molecule has 0 aliphatic carbocycles. The third-order valence-corrected chi connectivity index (χ3v) is 1.36. The van der Waals surface area contributed by atoms with Crippen LogP contribution in [-0.4, -0.2) is 33.6 Å². The SMILES string of the molecule is NC(CNc1ncccn1)C(=O)O. The number of anilines is 1. The first-order valence-corrected chi connectivity index (χ1v) is 3.69. The van der Waals surface area contributed by atoms with Crippen LogP contribution in [0.25, 0.3) is 0 Å². The molecule has 6 nitrogen and oxygen atoms in total. The molecule has 0 aromatic carbocycles. The van der Waals surface area contributed by atoms with Crippen molar-refractivity contribution in [2.24, 2.45) is 5.73 Å². The highest BCUT2D eigenvalue weighted by molar-refractivity contribution is 5.73. The summed E-state index contributed by atoms with van der Waals surface area (Å²) in [7, 11) is 0. The standard InChI is InChI=1S/C7H10N4O2/c8-5(6(12)13)4-11-7-9-2-1-3-10-7/h1-3,5H,4,8H2,(H,12,13)(H,9,10,11). The fraction of sp³-hybridized carbons (Fsp3) is 0.286. The lowest BCUT2D eigenvalue weighted by Gasteiger charge is -2.06. The molecule has 4 N–H and O–H groups in total. The summed E-state index contributed by atoms with van der Waals surface area (Å²) in [6.07, 6.45) is 3.11. The zero-order valence-corrected chi connectivity index (χ0v) is 6.84. The Balaban J connectivity index is 2.39. The third-order valence-electron chi connectivity index (χ3n) is 1.36. The van der Waals surface area contributed by atoms with Gasteiger partial charge in [0.2, 0.25) is 5.95 Å². The van der Waals surface area contributed by atoms with Gasteiger partial charge in [-0.3, -0.25) is 4.79 Å². The highest BCUT2D eigenvalue weighted by Gasteiger charge is 2.10.